The molecular formula is C23H25N3O3. The number of fused-ring (bicyclic) bond motifs is 1. The van der Waals surface area contributed by atoms with Crippen molar-refractivity contribution < 1.29 is 9.66 Å². The number of piperidine rings is 1. The largest absolute Gasteiger partial charge is 0.378 e. The minimum Gasteiger partial charge on any atom is -0.378 e. The molecule has 1 aliphatic heterocycles. The van der Waals surface area contributed by atoms with Crippen LogP contribution in [-0.4, -0.2) is 35.7 Å². The van der Waals surface area contributed by atoms with Gasteiger partial charge in [0.25, 0.3) is 5.69 Å². The van der Waals surface area contributed by atoms with E-state index in [0.717, 1.165) is 55.7 Å². The first-order chi connectivity index (χ1) is 14.1. The van der Waals surface area contributed by atoms with E-state index in [-0.39, 0.29) is 16.7 Å². The van der Waals surface area contributed by atoms with Crippen LogP contribution < -0.4 is 4.90 Å². The number of non-ortho nitro benzene ring substituents is 1. The summed E-state index contributed by atoms with van der Waals surface area (Å²) in [5.74, 6) is 0. The van der Waals surface area contributed by atoms with Crippen molar-refractivity contribution in [2.75, 3.05) is 24.6 Å². The van der Waals surface area contributed by atoms with Gasteiger partial charge >= 0.3 is 0 Å². The van der Waals surface area contributed by atoms with E-state index in [9.17, 15) is 10.1 Å². The number of ether oxygens (including phenoxy) is 1. The molecule has 2 heterocycles. The lowest BCUT2D eigenvalue weighted by atomic mass is 10.0. The van der Waals surface area contributed by atoms with Gasteiger partial charge in [-0.15, -0.1) is 0 Å². The van der Waals surface area contributed by atoms with Crippen LogP contribution in [0.5, 0.6) is 0 Å². The first kappa shape index (κ1) is 19.3. The smallest absolute Gasteiger partial charge is 0.295 e. The van der Waals surface area contributed by atoms with Crippen LogP contribution in [0.15, 0.2) is 54.6 Å². The van der Waals surface area contributed by atoms with Gasteiger partial charge in [0.1, 0.15) is 0 Å². The van der Waals surface area contributed by atoms with Crippen LogP contribution in [0.25, 0.3) is 10.9 Å². The molecule has 150 valence electrons. The number of anilines is 1. The Bertz CT molecular complexity index is 999. The standard InChI is InChI=1S/C23H25N3O3/c1-17-16-22(20-8-5-9-21(26(27)28)23(20)24-17)25-13-10-19(11-14-25)29-15-12-18-6-3-2-4-7-18/h2-9,16,19H,10-15H2,1H3. The number of aromatic nitrogens is 1. The first-order valence-electron chi connectivity index (χ1n) is 10.1. The van der Waals surface area contributed by atoms with Gasteiger partial charge in [0.15, 0.2) is 5.52 Å². The normalized spacial score (nSPS) is 15.0. The number of benzene rings is 2. The fourth-order valence-corrected chi connectivity index (χ4v) is 4.00. The third-order valence-corrected chi connectivity index (χ3v) is 5.49. The quantitative estimate of drug-likeness (QED) is 0.451. The molecule has 0 atom stereocenters. The Morgan fingerprint density at radius 3 is 2.62 bits per heavy atom. The van der Waals surface area contributed by atoms with Gasteiger partial charge in [0.2, 0.25) is 0 Å². The highest BCUT2D eigenvalue weighted by Crippen LogP contribution is 2.33. The molecule has 1 saturated heterocycles. The van der Waals surface area contributed by atoms with Crippen LogP contribution in [0.2, 0.25) is 0 Å². The number of aryl methyl sites for hydroxylation is 1. The van der Waals surface area contributed by atoms with Gasteiger partial charge in [-0.3, -0.25) is 10.1 Å². The third kappa shape index (κ3) is 4.38. The molecule has 0 saturated carbocycles. The number of nitrogens with zero attached hydrogens (tertiary/aromatic N) is 3. The van der Waals surface area contributed by atoms with Crippen molar-refractivity contribution in [3.8, 4) is 0 Å². The Hall–Kier alpha value is -2.99. The summed E-state index contributed by atoms with van der Waals surface area (Å²) in [6.07, 6.45) is 3.09. The summed E-state index contributed by atoms with van der Waals surface area (Å²) in [5.41, 5.74) is 3.65. The van der Waals surface area contributed by atoms with E-state index in [1.165, 1.54) is 11.6 Å². The van der Waals surface area contributed by atoms with Gasteiger partial charge in [-0.1, -0.05) is 42.5 Å². The minimum absolute atomic E-state index is 0.0616. The highest BCUT2D eigenvalue weighted by atomic mass is 16.6. The Balaban J connectivity index is 1.43. The van der Waals surface area contributed by atoms with Crippen LogP contribution in [0.1, 0.15) is 24.1 Å². The van der Waals surface area contributed by atoms with Gasteiger partial charge in [-0.05, 0) is 37.8 Å². The second kappa shape index (κ2) is 8.57. The number of nitro groups is 1. The van der Waals surface area contributed by atoms with Crippen molar-refractivity contribution in [1.82, 2.24) is 4.98 Å². The molecule has 0 aliphatic carbocycles. The van der Waals surface area contributed by atoms with Crippen molar-refractivity contribution in [2.45, 2.75) is 32.3 Å². The molecule has 6 heteroatoms. The lowest BCUT2D eigenvalue weighted by Gasteiger charge is -2.34. The Labute approximate surface area is 170 Å². The van der Waals surface area contributed by atoms with Crippen LogP contribution in [-0.2, 0) is 11.2 Å². The van der Waals surface area contributed by atoms with Gasteiger partial charge in [-0.2, -0.15) is 0 Å². The Kier molecular flexibility index (Phi) is 5.71. The predicted octanol–water partition coefficient (Wildman–Crippen LogP) is 4.68. The average Bonchev–Trinajstić information content (AvgIpc) is 2.74. The van der Waals surface area contributed by atoms with Gasteiger partial charge in [0, 0.05) is 35.9 Å². The van der Waals surface area contributed by atoms with Crippen molar-refractivity contribution in [2.24, 2.45) is 0 Å². The zero-order valence-corrected chi connectivity index (χ0v) is 16.6. The average molecular weight is 391 g/mol. The molecule has 1 aromatic heterocycles. The second-order valence-electron chi connectivity index (χ2n) is 7.51. The van der Waals surface area contributed by atoms with Crippen LogP contribution in [0, 0.1) is 17.0 Å². The van der Waals surface area contributed by atoms with Crippen molar-refractivity contribution >= 4 is 22.3 Å². The van der Waals surface area contributed by atoms with Crippen molar-refractivity contribution in [1.29, 1.82) is 0 Å². The van der Waals surface area contributed by atoms with E-state index in [1.807, 2.05) is 25.1 Å². The summed E-state index contributed by atoms with van der Waals surface area (Å²) in [5, 5.41) is 12.2. The summed E-state index contributed by atoms with van der Waals surface area (Å²) in [6.45, 7) is 4.37. The number of nitro benzene ring substituents is 1. The molecule has 29 heavy (non-hydrogen) atoms. The zero-order chi connectivity index (χ0) is 20.2. The summed E-state index contributed by atoms with van der Waals surface area (Å²) in [6, 6.07) is 17.6. The van der Waals surface area contributed by atoms with E-state index in [2.05, 4.69) is 34.1 Å². The van der Waals surface area contributed by atoms with E-state index in [1.54, 1.807) is 6.07 Å². The number of pyridine rings is 1. The molecule has 0 unspecified atom stereocenters. The van der Waals surface area contributed by atoms with Crippen LogP contribution >= 0.6 is 0 Å². The number of hydrogen-bond acceptors (Lipinski definition) is 5. The SMILES string of the molecule is Cc1cc(N2CCC(OCCc3ccccc3)CC2)c2cccc([N+](=O)[O-])c2n1. The monoisotopic (exact) mass is 391 g/mol. The lowest BCUT2D eigenvalue weighted by molar-refractivity contribution is -0.383. The summed E-state index contributed by atoms with van der Waals surface area (Å²) < 4.78 is 6.10. The highest BCUT2D eigenvalue weighted by molar-refractivity contribution is 5.97. The van der Waals surface area contributed by atoms with E-state index in [4.69, 9.17) is 4.74 Å². The van der Waals surface area contributed by atoms with Crippen LogP contribution in [0.3, 0.4) is 0 Å². The van der Waals surface area contributed by atoms with E-state index in [0.29, 0.717) is 5.52 Å². The molecule has 1 aliphatic rings. The second-order valence-corrected chi connectivity index (χ2v) is 7.51. The van der Waals surface area contributed by atoms with Crippen LogP contribution in [0.4, 0.5) is 11.4 Å². The Morgan fingerprint density at radius 2 is 1.90 bits per heavy atom. The predicted molar refractivity (Wildman–Crippen MR) is 114 cm³/mol. The van der Waals surface area contributed by atoms with Gasteiger partial charge in [-0.25, -0.2) is 4.98 Å². The lowest BCUT2D eigenvalue weighted by Crippen LogP contribution is -2.37. The van der Waals surface area contributed by atoms with Crippen molar-refractivity contribution in [3.63, 3.8) is 0 Å². The topological polar surface area (TPSA) is 68.5 Å². The van der Waals surface area contributed by atoms with E-state index < -0.39 is 0 Å². The summed E-state index contributed by atoms with van der Waals surface area (Å²) in [4.78, 5) is 17.8. The molecule has 0 bridgehead atoms. The maximum absolute atomic E-state index is 11.4. The fraction of sp³-hybridized carbons (Fsp3) is 0.348. The van der Waals surface area contributed by atoms with Gasteiger partial charge in [0.05, 0.1) is 17.6 Å². The molecule has 0 radical (unpaired) electrons. The molecular weight excluding hydrogens is 366 g/mol. The highest BCUT2D eigenvalue weighted by Gasteiger charge is 2.23. The molecule has 2 aromatic carbocycles. The maximum Gasteiger partial charge on any atom is 0.295 e. The molecule has 1 fully saturated rings. The molecule has 0 N–H and O–H groups in total. The summed E-state index contributed by atoms with van der Waals surface area (Å²) in [7, 11) is 0. The molecule has 3 aromatic rings. The number of hydrogen-bond donors (Lipinski definition) is 0. The molecule has 0 amide bonds. The minimum atomic E-state index is -0.356. The molecule has 4 rings (SSSR count). The molecule has 6 nitrogen and oxygen atoms in total. The zero-order valence-electron chi connectivity index (χ0n) is 16.6. The fourth-order valence-electron chi connectivity index (χ4n) is 4.00. The van der Waals surface area contributed by atoms with Crippen molar-refractivity contribution in [3.05, 3.63) is 76.0 Å². The third-order valence-electron chi connectivity index (χ3n) is 5.49. The van der Waals surface area contributed by atoms with Gasteiger partial charge < -0.3 is 9.64 Å². The first-order valence-corrected chi connectivity index (χ1v) is 10.1. The Morgan fingerprint density at radius 1 is 1.14 bits per heavy atom. The van der Waals surface area contributed by atoms with E-state index >= 15 is 0 Å². The number of para-hydroxylation sites is 1. The summed E-state index contributed by atoms with van der Waals surface area (Å²) >= 11 is 0. The molecule has 0 spiro atoms. The number of rotatable bonds is 6. The maximum atomic E-state index is 11.4.